The van der Waals surface area contributed by atoms with Gasteiger partial charge in [-0.1, -0.05) is 25.1 Å². The first-order valence-electron chi connectivity index (χ1n) is 9.50. The van der Waals surface area contributed by atoms with E-state index in [1.165, 1.54) is 0 Å². The molecule has 7 nitrogen and oxygen atoms in total. The molecule has 1 heterocycles. The van der Waals surface area contributed by atoms with Crippen molar-refractivity contribution in [2.24, 2.45) is 0 Å². The Balaban J connectivity index is 1.64. The molecule has 0 fully saturated rings. The van der Waals surface area contributed by atoms with Crippen molar-refractivity contribution < 1.29 is 4.79 Å². The standard InChI is InChI=1S/C22H26N6O/c1-5-16-8-6-7-9-19(16)26-22(29)25-18-12-10-17(11-13-18)24-21-23-15(2)14-20(27-21)28(3)4/h6-14H,5H2,1-4H3,(H,23,24,27)(H2,25,26,29). The van der Waals surface area contributed by atoms with Gasteiger partial charge in [0.1, 0.15) is 5.82 Å². The third-order valence-electron chi connectivity index (χ3n) is 4.34. The van der Waals surface area contributed by atoms with Crippen LogP contribution < -0.4 is 20.9 Å². The zero-order valence-corrected chi connectivity index (χ0v) is 17.2. The molecule has 0 radical (unpaired) electrons. The highest BCUT2D eigenvalue weighted by atomic mass is 16.2. The monoisotopic (exact) mass is 390 g/mol. The van der Waals surface area contributed by atoms with Crippen LogP contribution >= 0.6 is 0 Å². The molecule has 0 spiro atoms. The van der Waals surface area contributed by atoms with Gasteiger partial charge in [0.05, 0.1) is 0 Å². The molecule has 29 heavy (non-hydrogen) atoms. The molecule has 7 heteroatoms. The molecule has 0 aliphatic carbocycles. The Morgan fingerprint density at radius 1 is 0.966 bits per heavy atom. The normalized spacial score (nSPS) is 10.3. The summed E-state index contributed by atoms with van der Waals surface area (Å²) in [5.74, 6) is 1.37. The van der Waals surface area contributed by atoms with Crippen molar-refractivity contribution in [2.45, 2.75) is 20.3 Å². The van der Waals surface area contributed by atoms with Gasteiger partial charge in [0.2, 0.25) is 5.95 Å². The van der Waals surface area contributed by atoms with Gasteiger partial charge in [0.25, 0.3) is 0 Å². The Morgan fingerprint density at radius 2 is 1.66 bits per heavy atom. The summed E-state index contributed by atoms with van der Waals surface area (Å²) in [6.45, 7) is 3.99. The van der Waals surface area contributed by atoms with Gasteiger partial charge < -0.3 is 20.9 Å². The topological polar surface area (TPSA) is 82.2 Å². The summed E-state index contributed by atoms with van der Waals surface area (Å²) in [5, 5.41) is 8.95. The second-order valence-electron chi connectivity index (χ2n) is 6.88. The number of hydrogen-bond acceptors (Lipinski definition) is 5. The first kappa shape index (κ1) is 20.1. The van der Waals surface area contributed by atoms with E-state index in [4.69, 9.17) is 0 Å². The summed E-state index contributed by atoms with van der Waals surface area (Å²) in [5.41, 5.74) is 4.33. The third-order valence-corrected chi connectivity index (χ3v) is 4.34. The highest BCUT2D eigenvalue weighted by molar-refractivity contribution is 6.00. The fourth-order valence-corrected chi connectivity index (χ4v) is 2.84. The summed E-state index contributed by atoms with van der Waals surface area (Å²) in [4.78, 5) is 23.1. The molecule has 3 rings (SSSR count). The Hall–Kier alpha value is -3.61. The maximum atomic E-state index is 12.3. The summed E-state index contributed by atoms with van der Waals surface area (Å²) in [6, 6.07) is 16.8. The Morgan fingerprint density at radius 3 is 2.34 bits per heavy atom. The molecule has 0 saturated heterocycles. The number of carbonyl (C=O) groups excluding carboxylic acids is 1. The van der Waals surface area contributed by atoms with Gasteiger partial charge in [-0.15, -0.1) is 0 Å². The molecule has 0 atom stereocenters. The van der Waals surface area contributed by atoms with Crippen LogP contribution in [0.1, 0.15) is 18.2 Å². The molecular formula is C22H26N6O. The first-order valence-corrected chi connectivity index (χ1v) is 9.50. The minimum Gasteiger partial charge on any atom is -0.363 e. The minimum absolute atomic E-state index is 0.274. The van der Waals surface area contributed by atoms with Crippen molar-refractivity contribution >= 4 is 34.9 Å². The first-order chi connectivity index (χ1) is 13.9. The Bertz CT molecular complexity index is 985. The molecule has 3 N–H and O–H groups in total. The average molecular weight is 390 g/mol. The van der Waals surface area contributed by atoms with E-state index < -0.39 is 0 Å². The molecule has 3 aromatic rings. The lowest BCUT2D eigenvalue weighted by atomic mass is 10.1. The van der Waals surface area contributed by atoms with E-state index in [9.17, 15) is 4.79 Å². The number of aromatic nitrogens is 2. The largest absolute Gasteiger partial charge is 0.363 e. The zero-order valence-electron chi connectivity index (χ0n) is 17.2. The van der Waals surface area contributed by atoms with Crippen LogP contribution in [-0.2, 0) is 6.42 Å². The SMILES string of the molecule is CCc1ccccc1NC(=O)Nc1ccc(Nc2nc(C)cc(N(C)C)n2)cc1. The number of aryl methyl sites for hydroxylation is 2. The van der Waals surface area contributed by atoms with Gasteiger partial charge in [-0.05, 0) is 49.2 Å². The molecule has 0 unspecified atom stereocenters. The fraction of sp³-hybridized carbons (Fsp3) is 0.227. The molecular weight excluding hydrogens is 364 g/mol. The number of amides is 2. The van der Waals surface area contributed by atoms with E-state index in [1.807, 2.05) is 80.5 Å². The van der Waals surface area contributed by atoms with Gasteiger partial charge in [0, 0.05) is 42.9 Å². The van der Waals surface area contributed by atoms with Crippen LogP contribution in [-0.4, -0.2) is 30.1 Å². The van der Waals surface area contributed by atoms with E-state index in [0.29, 0.717) is 11.6 Å². The molecule has 0 aliphatic rings. The summed E-state index contributed by atoms with van der Waals surface area (Å²) in [7, 11) is 3.88. The summed E-state index contributed by atoms with van der Waals surface area (Å²) < 4.78 is 0. The van der Waals surface area contributed by atoms with Crippen LogP contribution in [0.2, 0.25) is 0 Å². The van der Waals surface area contributed by atoms with Gasteiger partial charge in [-0.3, -0.25) is 0 Å². The van der Waals surface area contributed by atoms with Gasteiger partial charge >= 0.3 is 6.03 Å². The van der Waals surface area contributed by atoms with E-state index in [1.54, 1.807) is 0 Å². The summed E-state index contributed by atoms with van der Waals surface area (Å²) >= 11 is 0. The molecule has 0 bridgehead atoms. The van der Waals surface area contributed by atoms with Crippen LogP contribution in [0.25, 0.3) is 0 Å². The summed E-state index contributed by atoms with van der Waals surface area (Å²) in [6.07, 6.45) is 0.855. The molecule has 0 aliphatic heterocycles. The maximum Gasteiger partial charge on any atom is 0.323 e. The lowest BCUT2D eigenvalue weighted by molar-refractivity contribution is 0.262. The highest BCUT2D eigenvalue weighted by Crippen LogP contribution is 2.20. The smallest absolute Gasteiger partial charge is 0.323 e. The van der Waals surface area contributed by atoms with Crippen molar-refractivity contribution in [2.75, 3.05) is 34.9 Å². The van der Waals surface area contributed by atoms with Crippen molar-refractivity contribution in [3.8, 4) is 0 Å². The number of rotatable bonds is 6. The highest BCUT2D eigenvalue weighted by Gasteiger charge is 2.07. The minimum atomic E-state index is -0.274. The second-order valence-corrected chi connectivity index (χ2v) is 6.88. The zero-order chi connectivity index (χ0) is 20.8. The third kappa shape index (κ3) is 5.44. The van der Waals surface area contributed by atoms with Gasteiger partial charge in [-0.2, -0.15) is 4.98 Å². The van der Waals surface area contributed by atoms with Crippen molar-refractivity contribution in [1.29, 1.82) is 0 Å². The molecule has 0 saturated carbocycles. The van der Waals surface area contributed by atoms with Gasteiger partial charge in [0.15, 0.2) is 0 Å². The number of urea groups is 1. The van der Waals surface area contributed by atoms with Crippen molar-refractivity contribution in [1.82, 2.24) is 9.97 Å². The lowest BCUT2D eigenvalue weighted by Crippen LogP contribution is -2.20. The van der Waals surface area contributed by atoms with Crippen LogP contribution in [0.15, 0.2) is 54.6 Å². The van der Waals surface area contributed by atoms with E-state index in [2.05, 4.69) is 32.8 Å². The molecule has 2 aromatic carbocycles. The van der Waals surface area contributed by atoms with Gasteiger partial charge in [-0.25, -0.2) is 9.78 Å². The predicted molar refractivity (Wildman–Crippen MR) is 119 cm³/mol. The Kier molecular flexibility index (Phi) is 6.29. The molecule has 1 aromatic heterocycles. The maximum absolute atomic E-state index is 12.3. The van der Waals surface area contributed by atoms with Crippen molar-refractivity contribution in [3.05, 3.63) is 65.9 Å². The number of benzene rings is 2. The Labute approximate surface area is 171 Å². The molecule has 2 amide bonds. The number of carbonyl (C=O) groups is 1. The fourth-order valence-electron chi connectivity index (χ4n) is 2.84. The van der Waals surface area contributed by atoms with Crippen LogP contribution in [0.4, 0.5) is 33.6 Å². The number of hydrogen-bond donors (Lipinski definition) is 3. The number of anilines is 5. The lowest BCUT2D eigenvalue weighted by Gasteiger charge is -2.14. The quantitative estimate of drug-likeness (QED) is 0.563. The number of para-hydroxylation sites is 1. The van der Waals surface area contributed by atoms with Crippen molar-refractivity contribution in [3.63, 3.8) is 0 Å². The number of nitrogens with one attached hydrogen (secondary N) is 3. The van der Waals surface area contributed by atoms with Crippen LogP contribution in [0.3, 0.4) is 0 Å². The van der Waals surface area contributed by atoms with E-state index in [-0.39, 0.29) is 6.03 Å². The molecule has 150 valence electrons. The number of nitrogens with zero attached hydrogens (tertiary/aromatic N) is 3. The second kappa shape index (κ2) is 9.05. The average Bonchev–Trinajstić information content (AvgIpc) is 2.69. The predicted octanol–water partition coefficient (Wildman–Crippen LogP) is 4.80. The van der Waals surface area contributed by atoms with E-state index in [0.717, 1.165) is 34.9 Å². The van der Waals surface area contributed by atoms with Crippen LogP contribution in [0.5, 0.6) is 0 Å². The van der Waals surface area contributed by atoms with Crippen LogP contribution in [0, 0.1) is 6.92 Å². The van der Waals surface area contributed by atoms with E-state index >= 15 is 0 Å².